The SMILES string of the molecule is CCCCCCC(O)CCCCCCCCCC(CC)(CCCCCC)C(=O)O. The Morgan fingerprint density at radius 3 is 1.45 bits per heavy atom. The van der Waals surface area contributed by atoms with E-state index in [0.717, 1.165) is 57.8 Å². The lowest BCUT2D eigenvalue weighted by atomic mass is 9.76. The summed E-state index contributed by atoms with van der Waals surface area (Å²) in [4.78, 5) is 11.9. The average Bonchev–Trinajstić information content (AvgIpc) is 2.71. The van der Waals surface area contributed by atoms with Crippen molar-refractivity contribution in [1.29, 1.82) is 0 Å². The number of carboxylic acid groups (broad SMARTS) is 1. The maximum absolute atomic E-state index is 11.9. The highest BCUT2D eigenvalue weighted by Crippen LogP contribution is 2.35. The van der Waals surface area contributed by atoms with Gasteiger partial charge in [0.15, 0.2) is 0 Å². The molecule has 0 aromatic carbocycles. The molecule has 0 rings (SSSR count). The standard InChI is InChI=1S/C26H52O3/c1-4-7-9-16-20-24(27)21-17-14-12-11-13-15-19-23-26(6-3,25(28)29)22-18-10-8-5-2/h24,27H,4-23H2,1-3H3,(H,28,29). The minimum absolute atomic E-state index is 0.0950. The molecule has 0 aliphatic carbocycles. The van der Waals surface area contributed by atoms with Gasteiger partial charge in [-0.3, -0.25) is 4.79 Å². The van der Waals surface area contributed by atoms with Crippen LogP contribution in [0.4, 0.5) is 0 Å². The van der Waals surface area contributed by atoms with E-state index in [1.807, 2.05) is 6.92 Å². The van der Waals surface area contributed by atoms with Gasteiger partial charge in [-0.2, -0.15) is 0 Å². The molecule has 0 saturated carbocycles. The zero-order valence-corrected chi connectivity index (χ0v) is 20.0. The van der Waals surface area contributed by atoms with E-state index in [9.17, 15) is 15.0 Å². The van der Waals surface area contributed by atoms with Crippen LogP contribution in [0.2, 0.25) is 0 Å². The number of carbonyl (C=O) groups is 1. The number of hydrogen-bond acceptors (Lipinski definition) is 2. The zero-order chi connectivity index (χ0) is 21.8. The molecule has 2 unspecified atom stereocenters. The predicted molar refractivity (Wildman–Crippen MR) is 125 cm³/mol. The molecule has 0 spiro atoms. The van der Waals surface area contributed by atoms with Gasteiger partial charge >= 0.3 is 5.97 Å². The van der Waals surface area contributed by atoms with Crippen molar-refractivity contribution in [1.82, 2.24) is 0 Å². The summed E-state index contributed by atoms with van der Waals surface area (Å²) in [5, 5.41) is 19.8. The quantitative estimate of drug-likeness (QED) is 0.176. The third-order valence-corrected chi connectivity index (χ3v) is 6.72. The van der Waals surface area contributed by atoms with Crippen LogP contribution in [0.1, 0.15) is 149 Å². The summed E-state index contributed by atoms with van der Waals surface area (Å²) in [6.45, 7) is 6.46. The Bertz CT molecular complexity index is 369. The second-order valence-corrected chi connectivity index (χ2v) is 9.27. The van der Waals surface area contributed by atoms with Gasteiger partial charge in [0.25, 0.3) is 0 Å². The molecular weight excluding hydrogens is 360 g/mol. The van der Waals surface area contributed by atoms with Crippen LogP contribution in [-0.4, -0.2) is 22.3 Å². The lowest BCUT2D eigenvalue weighted by molar-refractivity contribution is -0.150. The fourth-order valence-corrected chi connectivity index (χ4v) is 4.41. The molecule has 0 saturated heterocycles. The Labute approximate surface area is 182 Å². The summed E-state index contributed by atoms with van der Waals surface area (Å²) < 4.78 is 0. The van der Waals surface area contributed by atoms with Crippen molar-refractivity contribution < 1.29 is 15.0 Å². The largest absolute Gasteiger partial charge is 0.481 e. The minimum atomic E-state index is -0.579. The van der Waals surface area contributed by atoms with Gasteiger partial charge in [-0.1, -0.05) is 117 Å². The summed E-state index contributed by atoms with van der Waals surface area (Å²) in [5.41, 5.74) is -0.485. The van der Waals surface area contributed by atoms with Crippen LogP contribution >= 0.6 is 0 Å². The molecule has 0 aromatic heterocycles. The summed E-state index contributed by atoms with van der Waals surface area (Å²) in [6.07, 6.45) is 22.2. The van der Waals surface area contributed by atoms with E-state index in [0.29, 0.717) is 0 Å². The molecule has 2 atom stereocenters. The van der Waals surface area contributed by atoms with Crippen LogP contribution in [0.5, 0.6) is 0 Å². The fourth-order valence-electron chi connectivity index (χ4n) is 4.41. The first-order valence-corrected chi connectivity index (χ1v) is 12.9. The lowest BCUT2D eigenvalue weighted by Gasteiger charge is -2.28. The van der Waals surface area contributed by atoms with Gasteiger partial charge in [0.2, 0.25) is 0 Å². The van der Waals surface area contributed by atoms with E-state index in [-0.39, 0.29) is 6.10 Å². The van der Waals surface area contributed by atoms with E-state index in [1.165, 1.54) is 70.6 Å². The molecule has 29 heavy (non-hydrogen) atoms. The molecule has 0 radical (unpaired) electrons. The van der Waals surface area contributed by atoms with Crippen LogP contribution in [0, 0.1) is 5.41 Å². The van der Waals surface area contributed by atoms with Crippen molar-refractivity contribution in [2.24, 2.45) is 5.41 Å². The van der Waals surface area contributed by atoms with Crippen molar-refractivity contribution in [3.05, 3.63) is 0 Å². The van der Waals surface area contributed by atoms with Gasteiger partial charge < -0.3 is 10.2 Å². The van der Waals surface area contributed by atoms with Crippen molar-refractivity contribution >= 4 is 5.97 Å². The molecule has 0 heterocycles. The molecule has 2 N–H and O–H groups in total. The normalized spacial score (nSPS) is 14.6. The first kappa shape index (κ1) is 28.4. The Kier molecular flexibility index (Phi) is 19.0. The number of aliphatic hydroxyl groups excluding tert-OH is 1. The number of rotatable bonds is 22. The van der Waals surface area contributed by atoms with Crippen LogP contribution < -0.4 is 0 Å². The third kappa shape index (κ3) is 15.0. The summed E-state index contributed by atoms with van der Waals surface area (Å²) in [6, 6.07) is 0. The number of unbranched alkanes of at least 4 members (excludes halogenated alkanes) is 12. The molecule has 3 nitrogen and oxygen atoms in total. The highest BCUT2D eigenvalue weighted by molar-refractivity contribution is 5.74. The van der Waals surface area contributed by atoms with Crippen LogP contribution in [-0.2, 0) is 4.79 Å². The predicted octanol–water partition coefficient (Wildman–Crippen LogP) is 8.28. The molecule has 0 amide bonds. The smallest absolute Gasteiger partial charge is 0.309 e. The van der Waals surface area contributed by atoms with E-state index in [4.69, 9.17) is 0 Å². The highest BCUT2D eigenvalue weighted by atomic mass is 16.4. The monoisotopic (exact) mass is 412 g/mol. The number of carboxylic acids is 1. The van der Waals surface area contributed by atoms with Gasteiger partial charge in [-0.05, 0) is 32.1 Å². The summed E-state index contributed by atoms with van der Waals surface area (Å²) >= 11 is 0. The maximum Gasteiger partial charge on any atom is 0.309 e. The highest BCUT2D eigenvalue weighted by Gasteiger charge is 2.35. The molecule has 3 heteroatoms. The second-order valence-electron chi connectivity index (χ2n) is 9.27. The van der Waals surface area contributed by atoms with Crippen LogP contribution in [0.15, 0.2) is 0 Å². The Morgan fingerprint density at radius 1 is 0.655 bits per heavy atom. The Morgan fingerprint density at radius 2 is 1.03 bits per heavy atom. The maximum atomic E-state index is 11.9. The van der Waals surface area contributed by atoms with Crippen molar-refractivity contribution in [3.8, 4) is 0 Å². The zero-order valence-electron chi connectivity index (χ0n) is 20.0. The first-order chi connectivity index (χ1) is 14.0. The second kappa shape index (κ2) is 19.4. The van der Waals surface area contributed by atoms with Crippen LogP contribution in [0.3, 0.4) is 0 Å². The molecule has 0 aliphatic heterocycles. The first-order valence-electron chi connectivity index (χ1n) is 12.9. The van der Waals surface area contributed by atoms with E-state index < -0.39 is 11.4 Å². The molecule has 174 valence electrons. The molecular formula is C26H52O3. The van der Waals surface area contributed by atoms with Crippen LogP contribution in [0.25, 0.3) is 0 Å². The third-order valence-electron chi connectivity index (χ3n) is 6.72. The molecule has 0 aromatic rings. The topological polar surface area (TPSA) is 57.5 Å². The number of hydrogen-bond donors (Lipinski definition) is 2. The van der Waals surface area contributed by atoms with Gasteiger partial charge in [0.05, 0.1) is 11.5 Å². The van der Waals surface area contributed by atoms with E-state index in [2.05, 4.69) is 13.8 Å². The number of aliphatic carboxylic acids is 1. The molecule has 0 fully saturated rings. The van der Waals surface area contributed by atoms with Crippen molar-refractivity contribution in [2.75, 3.05) is 0 Å². The number of aliphatic hydroxyl groups is 1. The molecule has 0 bridgehead atoms. The lowest BCUT2D eigenvalue weighted by Crippen LogP contribution is -2.30. The van der Waals surface area contributed by atoms with Crippen molar-refractivity contribution in [2.45, 2.75) is 155 Å². The van der Waals surface area contributed by atoms with Crippen molar-refractivity contribution in [3.63, 3.8) is 0 Å². The summed E-state index contributed by atoms with van der Waals surface area (Å²) in [7, 11) is 0. The van der Waals surface area contributed by atoms with E-state index >= 15 is 0 Å². The van der Waals surface area contributed by atoms with Gasteiger partial charge in [0.1, 0.15) is 0 Å². The Balaban J connectivity index is 3.75. The molecule has 0 aliphatic rings. The minimum Gasteiger partial charge on any atom is -0.481 e. The van der Waals surface area contributed by atoms with Gasteiger partial charge in [-0.25, -0.2) is 0 Å². The van der Waals surface area contributed by atoms with E-state index in [1.54, 1.807) is 0 Å². The fraction of sp³-hybridized carbons (Fsp3) is 0.962. The average molecular weight is 413 g/mol. The Hall–Kier alpha value is -0.570. The summed E-state index contributed by atoms with van der Waals surface area (Å²) in [5.74, 6) is -0.579. The van der Waals surface area contributed by atoms with Gasteiger partial charge in [-0.15, -0.1) is 0 Å². The van der Waals surface area contributed by atoms with Gasteiger partial charge in [0, 0.05) is 0 Å².